The fraction of sp³-hybridized carbons (Fsp3) is 0.636. The summed E-state index contributed by atoms with van der Waals surface area (Å²) in [5, 5.41) is 0. The van der Waals surface area contributed by atoms with Crippen LogP contribution in [0.2, 0.25) is 0 Å². The van der Waals surface area contributed by atoms with Gasteiger partial charge in [0.05, 0.1) is 13.2 Å². The van der Waals surface area contributed by atoms with Crippen molar-refractivity contribution in [1.82, 2.24) is 0 Å². The minimum absolute atomic E-state index is 0.0224. The average molecular weight is 358 g/mol. The van der Waals surface area contributed by atoms with Crippen LogP contribution in [0.1, 0.15) is 46.5 Å². The molecule has 4 aliphatic rings. The van der Waals surface area contributed by atoms with Crippen LogP contribution < -0.4 is 0 Å². The van der Waals surface area contributed by atoms with E-state index < -0.39 is 0 Å². The van der Waals surface area contributed by atoms with Gasteiger partial charge in [-0.15, -0.1) is 0 Å². The molecule has 0 spiro atoms. The molecule has 0 N–H and O–H groups in total. The number of hydrogen-bond acceptors (Lipinski definition) is 4. The first-order chi connectivity index (χ1) is 12.7. The smallest absolute Gasteiger partial charge is 0.149 e. The first-order valence-electron chi connectivity index (χ1n) is 10.1. The molecule has 2 aliphatic carbocycles. The lowest BCUT2D eigenvalue weighted by atomic mass is 9.72. The Balaban J connectivity index is 1.54. The van der Waals surface area contributed by atoms with Gasteiger partial charge in [0.2, 0.25) is 0 Å². The number of ether oxygens (including phenoxy) is 4. The van der Waals surface area contributed by atoms with Gasteiger partial charge in [0.15, 0.2) is 0 Å². The molecule has 2 heterocycles. The second kappa shape index (κ2) is 6.90. The van der Waals surface area contributed by atoms with Crippen LogP contribution in [0, 0.1) is 5.92 Å². The quantitative estimate of drug-likeness (QED) is 0.542. The van der Waals surface area contributed by atoms with Crippen molar-refractivity contribution in [3.05, 3.63) is 48.0 Å². The van der Waals surface area contributed by atoms with E-state index in [4.69, 9.17) is 18.9 Å². The van der Waals surface area contributed by atoms with E-state index in [1.54, 1.807) is 0 Å². The molecule has 4 rings (SSSR count). The Morgan fingerprint density at radius 2 is 1.35 bits per heavy atom. The normalized spacial score (nSPS) is 37.2. The highest BCUT2D eigenvalue weighted by Crippen LogP contribution is 2.62. The third kappa shape index (κ3) is 2.74. The fourth-order valence-corrected chi connectivity index (χ4v) is 4.46. The molecule has 0 radical (unpaired) electrons. The van der Waals surface area contributed by atoms with Gasteiger partial charge in [-0.05, 0) is 43.6 Å². The van der Waals surface area contributed by atoms with E-state index in [1.807, 2.05) is 12.2 Å². The molecule has 4 heteroatoms. The van der Waals surface area contributed by atoms with Gasteiger partial charge in [0.25, 0.3) is 0 Å². The molecule has 0 aromatic rings. The maximum Gasteiger partial charge on any atom is 0.149 e. The lowest BCUT2D eigenvalue weighted by molar-refractivity contribution is 0.162. The minimum atomic E-state index is -0.305. The lowest BCUT2D eigenvalue weighted by Gasteiger charge is -2.29. The molecule has 0 saturated carbocycles. The number of epoxide rings is 2. The second-order valence-electron chi connectivity index (χ2n) is 7.60. The Hall–Kier alpha value is -1.52. The highest BCUT2D eigenvalue weighted by atomic mass is 16.7. The first kappa shape index (κ1) is 17.9. The van der Waals surface area contributed by atoms with Gasteiger partial charge in [-0.1, -0.05) is 39.3 Å². The Morgan fingerprint density at radius 1 is 0.846 bits per heavy atom. The van der Waals surface area contributed by atoms with Crippen LogP contribution in [0.25, 0.3) is 0 Å². The van der Waals surface area contributed by atoms with Crippen molar-refractivity contribution >= 4 is 0 Å². The van der Waals surface area contributed by atoms with Crippen LogP contribution in [0.3, 0.4) is 0 Å². The summed E-state index contributed by atoms with van der Waals surface area (Å²) in [5.74, 6) is 2.18. The number of rotatable bonds is 10. The van der Waals surface area contributed by atoms with Gasteiger partial charge < -0.3 is 18.9 Å². The van der Waals surface area contributed by atoms with Crippen LogP contribution in [0.5, 0.6) is 0 Å². The maximum absolute atomic E-state index is 6.30. The highest BCUT2D eigenvalue weighted by Gasteiger charge is 2.74. The fourth-order valence-electron chi connectivity index (χ4n) is 4.46. The summed E-state index contributed by atoms with van der Waals surface area (Å²) in [6.45, 7) is 7.94. The molecule has 0 bridgehead atoms. The van der Waals surface area contributed by atoms with E-state index >= 15 is 0 Å². The van der Waals surface area contributed by atoms with Gasteiger partial charge in [-0.2, -0.15) is 0 Å². The van der Waals surface area contributed by atoms with Crippen LogP contribution >= 0.6 is 0 Å². The Labute approximate surface area is 156 Å². The zero-order valence-electron chi connectivity index (χ0n) is 16.1. The Morgan fingerprint density at radius 3 is 1.77 bits per heavy atom. The van der Waals surface area contributed by atoms with Gasteiger partial charge in [-0.3, -0.25) is 0 Å². The first-order valence-corrected chi connectivity index (χ1v) is 10.1. The van der Waals surface area contributed by atoms with Gasteiger partial charge in [0.1, 0.15) is 34.9 Å². The summed E-state index contributed by atoms with van der Waals surface area (Å²) < 4.78 is 24.5. The summed E-state index contributed by atoms with van der Waals surface area (Å²) in [4.78, 5) is 0. The SMILES string of the molecule is CCCOC1=CC=CC2(C(CCC)C34C=CC=C(OCCC)C3O4)OC12. The van der Waals surface area contributed by atoms with Crippen LogP contribution in [0.4, 0.5) is 0 Å². The van der Waals surface area contributed by atoms with E-state index in [1.165, 1.54) is 0 Å². The molecule has 4 unspecified atom stereocenters. The number of hydrogen-bond donors (Lipinski definition) is 0. The Kier molecular flexibility index (Phi) is 4.74. The molecule has 2 saturated heterocycles. The predicted molar refractivity (Wildman–Crippen MR) is 101 cm³/mol. The van der Waals surface area contributed by atoms with Crippen molar-refractivity contribution < 1.29 is 18.9 Å². The van der Waals surface area contributed by atoms with Crippen LogP contribution in [0.15, 0.2) is 48.0 Å². The highest BCUT2D eigenvalue weighted by molar-refractivity contribution is 5.44. The minimum Gasteiger partial charge on any atom is -0.495 e. The molecule has 2 fully saturated rings. The van der Waals surface area contributed by atoms with Crippen molar-refractivity contribution in [3.8, 4) is 0 Å². The standard InChI is InChI=1S/C22H30O4/c1-4-9-18(21-12-7-10-16(19(21)25-21)23-14-5-2)22-13-8-11-17(20(22)26-22)24-15-6-3/h7-8,10-13,18-20H,4-6,9,14-15H2,1-3H3. The molecule has 0 amide bonds. The molecular weight excluding hydrogens is 328 g/mol. The summed E-state index contributed by atoms with van der Waals surface area (Å²) in [7, 11) is 0. The Bertz CT molecular complexity index is 607. The van der Waals surface area contributed by atoms with Crippen LogP contribution in [-0.4, -0.2) is 36.6 Å². The van der Waals surface area contributed by atoms with E-state index in [9.17, 15) is 0 Å². The summed E-state index contributed by atoms with van der Waals surface area (Å²) in [6, 6.07) is 0. The second-order valence-corrected chi connectivity index (χ2v) is 7.60. The topological polar surface area (TPSA) is 43.5 Å². The van der Waals surface area contributed by atoms with Gasteiger partial charge >= 0.3 is 0 Å². The molecule has 4 nitrogen and oxygen atoms in total. The molecule has 26 heavy (non-hydrogen) atoms. The van der Waals surface area contributed by atoms with Crippen molar-refractivity contribution in [2.75, 3.05) is 13.2 Å². The molecule has 142 valence electrons. The largest absolute Gasteiger partial charge is 0.495 e. The lowest BCUT2D eigenvalue weighted by Crippen LogP contribution is -2.40. The maximum atomic E-state index is 6.30. The van der Waals surface area contributed by atoms with Crippen molar-refractivity contribution in [3.63, 3.8) is 0 Å². The summed E-state index contributed by atoms with van der Waals surface area (Å²) >= 11 is 0. The molecule has 0 aromatic carbocycles. The molecular formula is C22H30O4. The van der Waals surface area contributed by atoms with Gasteiger partial charge in [-0.25, -0.2) is 0 Å². The average Bonchev–Trinajstić information content (AvgIpc) is 3.55. The molecule has 2 aliphatic heterocycles. The monoisotopic (exact) mass is 358 g/mol. The van der Waals surface area contributed by atoms with Crippen molar-refractivity contribution in [2.45, 2.75) is 69.9 Å². The molecule has 4 atom stereocenters. The zero-order chi connectivity index (χ0) is 18.2. The summed E-state index contributed by atoms with van der Waals surface area (Å²) in [5.41, 5.74) is -0.611. The summed E-state index contributed by atoms with van der Waals surface area (Å²) in [6.07, 6.45) is 16.9. The molecule has 0 aromatic heterocycles. The predicted octanol–water partition coefficient (Wildman–Crippen LogP) is 4.44. The third-order valence-electron chi connectivity index (χ3n) is 5.71. The van der Waals surface area contributed by atoms with E-state index in [-0.39, 0.29) is 29.3 Å². The zero-order valence-corrected chi connectivity index (χ0v) is 16.1. The van der Waals surface area contributed by atoms with Crippen molar-refractivity contribution in [2.24, 2.45) is 5.92 Å². The number of allylic oxidation sites excluding steroid dienone is 4. The van der Waals surface area contributed by atoms with E-state index in [0.717, 1.165) is 50.4 Å². The van der Waals surface area contributed by atoms with Crippen molar-refractivity contribution in [1.29, 1.82) is 0 Å². The van der Waals surface area contributed by atoms with Gasteiger partial charge in [0, 0.05) is 5.92 Å². The van der Waals surface area contributed by atoms with E-state index in [0.29, 0.717) is 0 Å². The van der Waals surface area contributed by atoms with Crippen LogP contribution in [-0.2, 0) is 18.9 Å². The third-order valence-corrected chi connectivity index (χ3v) is 5.71. The van der Waals surface area contributed by atoms with E-state index in [2.05, 4.69) is 45.1 Å². The number of fused-ring (bicyclic) bond motifs is 2.